The molecule has 5 heteroatoms. The molecule has 2 nitrogen and oxygen atoms in total. The van der Waals surface area contributed by atoms with Crippen molar-refractivity contribution < 1.29 is 13.2 Å². The summed E-state index contributed by atoms with van der Waals surface area (Å²) in [5.41, 5.74) is 0.506. The Morgan fingerprint density at radius 1 is 1.19 bits per heavy atom. The molecule has 2 rings (SSSR count). The number of alkyl halides is 3. The van der Waals surface area contributed by atoms with E-state index in [2.05, 4.69) is 19.2 Å². The molecule has 0 unspecified atom stereocenters. The minimum Gasteiger partial charge on any atom is -0.371 e. The molecular weight excluding hydrogens is 277 g/mol. The third kappa shape index (κ3) is 4.37. The van der Waals surface area contributed by atoms with Crippen molar-refractivity contribution in [3.8, 4) is 0 Å². The summed E-state index contributed by atoms with van der Waals surface area (Å²) in [6, 6.07) is 4.72. The van der Waals surface area contributed by atoms with Crippen LogP contribution in [0.15, 0.2) is 18.2 Å². The standard InChI is InChI=1S/C16H23F3N2/c1-12(2)10-20-11-13-5-6-15(21-7-3-4-8-21)14(9-13)16(17,18)19/h5-6,9,12,20H,3-4,7-8,10-11H2,1-2H3. The highest BCUT2D eigenvalue weighted by Crippen LogP contribution is 2.38. The monoisotopic (exact) mass is 300 g/mol. The Labute approximate surface area is 124 Å². The van der Waals surface area contributed by atoms with Crippen molar-refractivity contribution in [1.29, 1.82) is 0 Å². The van der Waals surface area contributed by atoms with E-state index >= 15 is 0 Å². The van der Waals surface area contributed by atoms with E-state index in [0.717, 1.165) is 19.4 Å². The molecule has 1 aliphatic heterocycles. The number of nitrogens with one attached hydrogen (secondary N) is 1. The number of hydrogen-bond donors (Lipinski definition) is 1. The van der Waals surface area contributed by atoms with E-state index in [-0.39, 0.29) is 0 Å². The lowest BCUT2D eigenvalue weighted by Gasteiger charge is -2.23. The summed E-state index contributed by atoms with van der Waals surface area (Å²) >= 11 is 0. The topological polar surface area (TPSA) is 15.3 Å². The molecule has 1 N–H and O–H groups in total. The first kappa shape index (κ1) is 16.1. The van der Waals surface area contributed by atoms with E-state index < -0.39 is 11.7 Å². The molecule has 0 spiro atoms. The van der Waals surface area contributed by atoms with E-state index in [1.54, 1.807) is 12.1 Å². The fourth-order valence-corrected chi connectivity index (χ4v) is 2.66. The zero-order valence-corrected chi connectivity index (χ0v) is 12.6. The van der Waals surface area contributed by atoms with E-state index in [1.165, 1.54) is 6.07 Å². The minimum absolute atomic E-state index is 0.326. The lowest BCUT2D eigenvalue weighted by Crippen LogP contribution is -2.23. The van der Waals surface area contributed by atoms with Crippen LogP contribution in [0, 0.1) is 5.92 Å². The Morgan fingerprint density at radius 3 is 2.43 bits per heavy atom. The quantitative estimate of drug-likeness (QED) is 0.882. The normalized spacial score (nSPS) is 16.0. The van der Waals surface area contributed by atoms with Gasteiger partial charge in [0, 0.05) is 25.3 Å². The van der Waals surface area contributed by atoms with Crippen LogP contribution in [0.2, 0.25) is 0 Å². The third-order valence-electron chi connectivity index (χ3n) is 3.69. The number of halogens is 3. The molecule has 1 aliphatic rings. The third-order valence-corrected chi connectivity index (χ3v) is 3.69. The summed E-state index contributed by atoms with van der Waals surface area (Å²) in [6.07, 6.45) is -2.37. The molecule has 1 aromatic carbocycles. The summed E-state index contributed by atoms with van der Waals surface area (Å²) < 4.78 is 39.9. The minimum atomic E-state index is -4.30. The Morgan fingerprint density at radius 2 is 1.86 bits per heavy atom. The first-order chi connectivity index (χ1) is 9.88. The average molecular weight is 300 g/mol. The molecule has 0 aromatic heterocycles. The van der Waals surface area contributed by atoms with E-state index in [1.807, 2.05) is 4.90 Å². The van der Waals surface area contributed by atoms with Gasteiger partial charge in [-0.3, -0.25) is 0 Å². The fraction of sp³-hybridized carbons (Fsp3) is 0.625. The summed E-state index contributed by atoms with van der Waals surface area (Å²) in [5, 5.41) is 3.19. The molecule has 21 heavy (non-hydrogen) atoms. The maximum Gasteiger partial charge on any atom is 0.418 e. The fourth-order valence-electron chi connectivity index (χ4n) is 2.66. The van der Waals surface area contributed by atoms with Crippen LogP contribution in [-0.2, 0) is 12.7 Å². The van der Waals surface area contributed by atoms with Gasteiger partial charge in [0.1, 0.15) is 0 Å². The van der Waals surface area contributed by atoms with Gasteiger partial charge < -0.3 is 10.2 Å². The van der Waals surface area contributed by atoms with Crippen LogP contribution in [0.5, 0.6) is 0 Å². The molecule has 1 saturated heterocycles. The highest BCUT2D eigenvalue weighted by Gasteiger charge is 2.35. The van der Waals surface area contributed by atoms with Crippen molar-refractivity contribution in [3.63, 3.8) is 0 Å². The highest BCUT2D eigenvalue weighted by molar-refractivity contribution is 5.57. The largest absolute Gasteiger partial charge is 0.418 e. The van der Waals surface area contributed by atoms with Gasteiger partial charge in [0.2, 0.25) is 0 Å². The van der Waals surface area contributed by atoms with Crippen LogP contribution in [0.3, 0.4) is 0 Å². The molecule has 0 atom stereocenters. The van der Waals surface area contributed by atoms with Crippen LogP contribution in [-0.4, -0.2) is 19.6 Å². The van der Waals surface area contributed by atoms with Crippen molar-refractivity contribution in [2.45, 2.75) is 39.4 Å². The highest BCUT2D eigenvalue weighted by atomic mass is 19.4. The number of benzene rings is 1. The Bertz CT molecular complexity index is 463. The average Bonchev–Trinajstić information content (AvgIpc) is 2.91. The maximum atomic E-state index is 13.3. The van der Waals surface area contributed by atoms with E-state index in [0.29, 0.717) is 36.8 Å². The molecule has 1 aromatic rings. The van der Waals surface area contributed by atoms with E-state index in [9.17, 15) is 13.2 Å². The van der Waals surface area contributed by atoms with Crippen LogP contribution in [0.1, 0.15) is 37.8 Å². The Hall–Kier alpha value is -1.23. The van der Waals surface area contributed by atoms with Crippen molar-refractivity contribution in [2.24, 2.45) is 5.92 Å². The summed E-state index contributed by atoms with van der Waals surface area (Å²) in [6.45, 7) is 6.86. The van der Waals surface area contributed by atoms with Gasteiger partial charge in [0.05, 0.1) is 5.56 Å². The summed E-state index contributed by atoms with van der Waals surface area (Å²) in [4.78, 5) is 1.84. The van der Waals surface area contributed by atoms with E-state index in [4.69, 9.17) is 0 Å². The molecule has 118 valence electrons. The van der Waals surface area contributed by atoms with Crippen LogP contribution in [0.4, 0.5) is 18.9 Å². The molecule has 0 radical (unpaired) electrons. The van der Waals surface area contributed by atoms with Crippen LogP contribution < -0.4 is 10.2 Å². The molecule has 1 heterocycles. The predicted molar refractivity (Wildman–Crippen MR) is 79.4 cm³/mol. The van der Waals surface area contributed by atoms with Gasteiger partial charge in [-0.2, -0.15) is 13.2 Å². The Kier molecular flexibility index (Phi) is 5.14. The van der Waals surface area contributed by atoms with Gasteiger partial charge in [-0.1, -0.05) is 19.9 Å². The molecule has 0 amide bonds. The SMILES string of the molecule is CC(C)CNCc1ccc(N2CCCC2)c(C(F)(F)F)c1. The number of hydrogen-bond acceptors (Lipinski definition) is 2. The smallest absolute Gasteiger partial charge is 0.371 e. The van der Waals surface area contributed by atoms with Gasteiger partial charge in [0.15, 0.2) is 0 Å². The first-order valence-corrected chi connectivity index (χ1v) is 7.53. The van der Waals surface area contributed by atoms with Gasteiger partial charge in [0.25, 0.3) is 0 Å². The van der Waals surface area contributed by atoms with Gasteiger partial charge in [-0.15, -0.1) is 0 Å². The lowest BCUT2D eigenvalue weighted by atomic mass is 10.1. The van der Waals surface area contributed by atoms with Gasteiger partial charge in [-0.25, -0.2) is 0 Å². The number of rotatable bonds is 5. The van der Waals surface area contributed by atoms with Crippen molar-refractivity contribution in [3.05, 3.63) is 29.3 Å². The van der Waals surface area contributed by atoms with Crippen molar-refractivity contribution in [2.75, 3.05) is 24.5 Å². The zero-order chi connectivity index (χ0) is 15.5. The lowest BCUT2D eigenvalue weighted by molar-refractivity contribution is -0.137. The van der Waals surface area contributed by atoms with Gasteiger partial charge >= 0.3 is 6.18 Å². The van der Waals surface area contributed by atoms with Crippen molar-refractivity contribution >= 4 is 5.69 Å². The molecule has 1 fully saturated rings. The zero-order valence-electron chi connectivity index (χ0n) is 12.6. The van der Waals surface area contributed by atoms with Crippen LogP contribution in [0.25, 0.3) is 0 Å². The van der Waals surface area contributed by atoms with Crippen molar-refractivity contribution in [1.82, 2.24) is 5.32 Å². The predicted octanol–water partition coefficient (Wildman–Crippen LogP) is 4.05. The second kappa shape index (κ2) is 6.69. The Balaban J connectivity index is 2.18. The second-order valence-corrected chi connectivity index (χ2v) is 6.07. The second-order valence-electron chi connectivity index (χ2n) is 6.07. The molecular formula is C16H23F3N2. The molecule has 0 aliphatic carbocycles. The summed E-state index contributed by atoms with van der Waals surface area (Å²) in [5.74, 6) is 0.482. The number of nitrogens with zero attached hydrogens (tertiary/aromatic N) is 1. The summed E-state index contributed by atoms with van der Waals surface area (Å²) in [7, 11) is 0. The van der Waals surface area contributed by atoms with Gasteiger partial charge in [-0.05, 0) is 43.0 Å². The number of anilines is 1. The molecule has 0 bridgehead atoms. The first-order valence-electron chi connectivity index (χ1n) is 7.53. The molecule has 0 saturated carbocycles. The van der Waals surface area contributed by atoms with Crippen LogP contribution >= 0.6 is 0 Å². The maximum absolute atomic E-state index is 13.3.